The van der Waals surface area contributed by atoms with E-state index in [1.165, 1.54) is 22.3 Å². The number of aliphatic hydroxyl groups is 1. The van der Waals surface area contributed by atoms with Gasteiger partial charge in [-0.3, -0.25) is 4.79 Å². The van der Waals surface area contributed by atoms with Gasteiger partial charge in [-0.05, 0) is 41.0 Å². The third-order valence-corrected chi connectivity index (χ3v) is 6.55. The number of hydrogen-bond acceptors (Lipinski definition) is 5. The van der Waals surface area contributed by atoms with Crippen LogP contribution in [0.4, 0.5) is 4.79 Å². The number of fused-ring (bicyclic) bond motifs is 3. The third kappa shape index (κ3) is 7.29. The second-order valence-corrected chi connectivity index (χ2v) is 8.85. The molecule has 2 aromatic rings. The number of ether oxygens (including phenoxy) is 1. The van der Waals surface area contributed by atoms with Crippen molar-refractivity contribution in [1.82, 2.24) is 10.6 Å². The topological polar surface area (TPSA) is 125 Å². The summed E-state index contributed by atoms with van der Waals surface area (Å²) in [7, 11) is 0. The number of carboxylic acids is 1. The average molecular weight is 483 g/mol. The quantitative estimate of drug-likeness (QED) is 0.345. The Hall–Kier alpha value is -3.39. The predicted molar refractivity (Wildman–Crippen MR) is 132 cm³/mol. The molecule has 3 rings (SSSR count). The maximum absolute atomic E-state index is 12.3. The zero-order valence-electron chi connectivity index (χ0n) is 20.0. The van der Waals surface area contributed by atoms with Crippen LogP contribution in [-0.4, -0.2) is 54.0 Å². The van der Waals surface area contributed by atoms with Crippen LogP contribution in [0.2, 0.25) is 0 Å². The smallest absolute Gasteiger partial charge is 0.407 e. The minimum Gasteiger partial charge on any atom is -0.479 e. The number of carbonyl (C=O) groups is 3. The normalized spacial score (nSPS) is 13.9. The summed E-state index contributed by atoms with van der Waals surface area (Å²) in [6.07, 6.45) is 0.632. The second kappa shape index (κ2) is 12.9. The first-order valence-corrected chi connectivity index (χ1v) is 12.2. The number of carboxylic acid groups (broad SMARTS) is 1. The molecular formula is C27H34N2O6. The van der Waals surface area contributed by atoms with Crippen molar-refractivity contribution in [3.8, 4) is 11.1 Å². The largest absolute Gasteiger partial charge is 0.479 e. The molecule has 2 atom stereocenters. The van der Waals surface area contributed by atoms with Gasteiger partial charge in [-0.2, -0.15) is 0 Å². The molecule has 8 nitrogen and oxygen atoms in total. The van der Waals surface area contributed by atoms with Crippen LogP contribution in [0.25, 0.3) is 11.1 Å². The molecule has 1 aliphatic rings. The van der Waals surface area contributed by atoms with Gasteiger partial charge in [0.15, 0.2) is 6.10 Å². The summed E-state index contributed by atoms with van der Waals surface area (Å²) in [5, 5.41) is 23.3. The molecule has 4 N–H and O–H groups in total. The molecule has 0 spiro atoms. The second-order valence-electron chi connectivity index (χ2n) is 8.85. The lowest BCUT2D eigenvalue weighted by Crippen LogP contribution is -2.30. The van der Waals surface area contributed by atoms with Crippen LogP contribution in [0.3, 0.4) is 0 Å². The Morgan fingerprint density at radius 1 is 0.914 bits per heavy atom. The highest BCUT2D eigenvalue weighted by atomic mass is 16.5. The molecule has 1 unspecified atom stereocenters. The molecule has 0 saturated carbocycles. The van der Waals surface area contributed by atoms with Crippen LogP contribution in [0.1, 0.15) is 56.1 Å². The van der Waals surface area contributed by atoms with Gasteiger partial charge < -0.3 is 25.6 Å². The minimum atomic E-state index is -1.47. The molecule has 0 fully saturated rings. The molecule has 0 aromatic heterocycles. The van der Waals surface area contributed by atoms with Gasteiger partial charge in [-0.1, -0.05) is 61.9 Å². The van der Waals surface area contributed by atoms with E-state index in [4.69, 9.17) is 9.84 Å². The van der Waals surface area contributed by atoms with Crippen molar-refractivity contribution < 1.29 is 29.3 Å². The van der Waals surface area contributed by atoms with E-state index >= 15 is 0 Å². The number of nitrogens with one attached hydrogen (secondary N) is 2. The Kier molecular flexibility index (Phi) is 9.66. The molecule has 0 saturated heterocycles. The molecule has 2 amide bonds. The van der Waals surface area contributed by atoms with E-state index in [0.29, 0.717) is 19.4 Å². The fraction of sp³-hybridized carbons (Fsp3) is 0.444. The molecule has 2 aromatic carbocycles. The maximum Gasteiger partial charge on any atom is 0.407 e. The van der Waals surface area contributed by atoms with Gasteiger partial charge in [-0.25, -0.2) is 9.59 Å². The summed E-state index contributed by atoms with van der Waals surface area (Å²) in [4.78, 5) is 34.9. The van der Waals surface area contributed by atoms with Gasteiger partial charge in [0.05, 0.1) is 0 Å². The van der Waals surface area contributed by atoms with Gasteiger partial charge in [0.25, 0.3) is 0 Å². The lowest BCUT2D eigenvalue weighted by atomic mass is 9.96. The Balaban J connectivity index is 1.36. The SMILES string of the molecule is CCC(CCNC(=O)OCC1c2ccccc2-c2ccccc21)CCC(=O)NCC[C@H](O)C(=O)O. The Morgan fingerprint density at radius 3 is 2.11 bits per heavy atom. The summed E-state index contributed by atoms with van der Waals surface area (Å²) in [6, 6.07) is 16.4. The standard InChI is InChI=1S/C27H34N2O6/c1-2-18(11-12-25(31)28-16-14-24(30)26(32)33)13-15-29-27(34)35-17-23-21-9-5-3-7-19(21)20-8-4-6-10-22(20)23/h3-10,18,23-24,30H,2,11-17H2,1H3,(H,28,31)(H,29,34)(H,32,33)/t18?,24-/m0/s1. The zero-order chi connectivity index (χ0) is 25.2. The number of aliphatic hydroxyl groups excluding tert-OH is 1. The summed E-state index contributed by atoms with van der Waals surface area (Å²) in [5.41, 5.74) is 4.71. The van der Waals surface area contributed by atoms with Crippen molar-refractivity contribution in [2.75, 3.05) is 19.7 Å². The molecule has 0 radical (unpaired) electrons. The van der Waals surface area contributed by atoms with Gasteiger partial charge >= 0.3 is 12.1 Å². The molecule has 0 aliphatic heterocycles. The summed E-state index contributed by atoms with van der Waals surface area (Å²) < 4.78 is 5.56. The molecule has 0 bridgehead atoms. The number of alkyl carbamates (subject to hydrolysis) is 1. The lowest BCUT2D eigenvalue weighted by Gasteiger charge is -2.17. The lowest BCUT2D eigenvalue weighted by molar-refractivity contribution is -0.147. The van der Waals surface area contributed by atoms with Gasteiger partial charge in [0, 0.05) is 31.8 Å². The van der Waals surface area contributed by atoms with E-state index in [1.807, 2.05) is 31.2 Å². The van der Waals surface area contributed by atoms with Gasteiger partial charge in [0.1, 0.15) is 6.61 Å². The highest BCUT2D eigenvalue weighted by Gasteiger charge is 2.29. The zero-order valence-corrected chi connectivity index (χ0v) is 20.0. The monoisotopic (exact) mass is 482 g/mol. The first kappa shape index (κ1) is 26.2. The van der Waals surface area contributed by atoms with Crippen LogP contribution in [-0.2, 0) is 14.3 Å². The van der Waals surface area contributed by atoms with Crippen molar-refractivity contribution >= 4 is 18.0 Å². The molecule has 1 aliphatic carbocycles. The van der Waals surface area contributed by atoms with Gasteiger partial charge in [-0.15, -0.1) is 0 Å². The fourth-order valence-electron chi connectivity index (χ4n) is 4.48. The van der Waals surface area contributed by atoms with E-state index in [-0.39, 0.29) is 37.3 Å². The van der Waals surface area contributed by atoms with Crippen LogP contribution in [0, 0.1) is 5.92 Å². The van der Waals surface area contributed by atoms with Gasteiger partial charge in [0.2, 0.25) is 5.91 Å². The Morgan fingerprint density at radius 2 is 1.51 bits per heavy atom. The molecule has 8 heteroatoms. The Bertz CT molecular complexity index is 979. The van der Waals surface area contributed by atoms with Crippen LogP contribution < -0.4 is 10.6 Å². The average Bonchev–Trinajstić information content (AvgIpc) is 3.18. The maximum atomic E-state index is 12.3. The number of amides is 2. The number of carbonyl (C=O) groups excluding carboxylic acids is 2. The van der Waals surface area contributed by atoms with Crippen molar-refractivity contribution in [2.45, 2.75) is 51.0 Å². The number of benzene rings is 2. The minimum absolute atomic E-state index is 0.0201. The Labute approximate surface area is 205 Å². The van der Waals surface area contributed by atoms with Crippen molar-refractivity contribution in [3.63, 3.8) is 0 Å². The third-order valence-electron chi connectivity index (χ3n) is 6.55. The van der Waals surface area contributed by atoms with Crippen molar-refractivity contribution in [3.05, 3.63) is 59.7 Å². The van der Waals surface area contributed by atoms with E-state index < -0.39 is 18.2 Å². The number of hydrogen-bond donors (Lipinski definition) is 4. The van der Waals surface area contributed by atoms with Crippen LogP contribution >= 0.6 is 0 Å². The van der Waals surface area contributed by atoms with E-state index in [0.717, 1.165) is 12.8 Å². The first-order chi connectivity index (χ1) is 16.9. The first-order valence-electron chi connectivity index (χ1n) is 12.2. The van der Waals surface area contributed by atoms with Crippen molar-refractivity contribution in [1.29, 1.82) is 0 Å². The highest BCUT2D eigenvalue weighted by molar-refractivity contribution is 5.79. The fourth-order valence-corrected chi connectivity index (χ4v) is 4.48. The summed E-state index contributed by atoms with van der Waals surface area (Å²) in [5.74, 6) is -1.19. The molecule has 0 heterocycles. The molecule has 35 heavy (non-hydrogen) atoms. The predicted octanol–water partition coefficient (Wildman–Crippen LogP) is 3.67. The van der Waals surface area contributed by atoms with Crippen LogP contribution in [0.15, 0.2) is 48.5 Å². The van der Waals surface area contributed by atoms with Crippen LogP contribution in [0.5, 0.6) is 0 Å². The highest BCUT2D eigenvalue weighted by Crippen LogP contribution is 2.44. The summed E-state index contributed by atoms with van der Waals surface area (Å²) in [6.45, 7) is 2.89. The number of aliphatic carboxylic acids is 1. The van der Waals surface area contributed by atoms with Crippen molar-refractivity contribution in [2.24, 2.45) is 5.92 Å². The number of rotatable bonds is 13. The van der Waals surface area contributed by atoms with E-state index in [2.05, 4.69) is 34.9 Å². The van der Waals surface area contributed by atoms with E-state index in [1.54, 1.807) is 0 Å². The summed E-state index contributed by atoms with van der Waals surface area (Å²) >= 11 is 0. The molecule has 188 valence electrons. The molecular weight excluding hydrogens is 448 g/mol. The van der Waals surface area contributed by atoms with E-state index in [9.17, 15) is 19.5 Å².